The van der Waals surface area contributed by atoms with E-state index in [0.717, 1.165) is 28.3 Å². The van der Waals surface area contributed by atoms with E-state index in [4.69, 9.17) is 0 Å². The summed E-state index contributed by atoms with van der Waals surface area (Å²) < 4.78 is 37.9. The van der Waals surface area contributed by atoms with Crippen LogP contribution >= 0.6 is 11.3 Å². The van der Waals surface area contributed by atoms with Gasteiger partial charge in [-0.3, -0.25) is 0 Å². The molecule has 1 atom stereocenters. The predicted octanol–water partition coefficient (Wildman–Crippen LogP) is 4.61. The van der Waals surface area contributed by atoms with E-state index in [1.165, 1.54) is 17.4 Å². The first kappa shape index (κ1) is 15.1. The molecular weight excluding hydrogens is 285 g/mol. The van der Waals surface area contributed by atoms with E-state index < -0.39 is 17.8 Å². The van der Waals surface area contributed by atoms with Gasteiger partial charge in [-0.2, -0.15) is 13.2 Å². The van der Waals surface area contributed by atoms with Crippen LogP contribution in [0.2, 0.25) is 0 Å². The number of benzene rings is 1. The van der Waals surface area contributed by atoms with Crippen molar-refractivity contribution in [1.29, 1.82) is 0 Å². The first-order valence-corrected chi connectivity index (χ1v) is 7.14. The number of aliphatic hydroxyl groups is 1. The van der Waals surface area contributed by atoms with E-state index in [-0.39, 0.29) is 6.42 Å². The van der Waals surface area contributed by atoms with E-state index in [0.29, 0.717) is 5.56 Å². The number of alkyl halides is 3. The van der Waals surface area contributed by atoms with Crippen LogP contribution in [0.15, 0.2) is 36.4 Å². The van der Waals surface area contributed by atoms with Crippen LogP contribution in [0.5, 0.6) is 0 Å². The van der Waals surface area contributed by atoms with Gasteiger partial charge < -0.3 is 5.11 Å². The van der Waals surface area contributed by atoms with Gasteiger partial charge in [-0.15, -0.1) is 11.3 Å². The average molecular weight is 300 g/mol. The lowest BCUT2D eigenvalue weighted by Gasteiger charge is -2.11. The molecule has 2 rings (SSSR count). The van der Waals surface area contributed by atoms with Crippen molar-refractivity contribution in [2.24, 2.45) is 0 Å². The molecule has 1 aromatic heterocycles. The van der Waals surface area contributed by atoms with E-state index in [1.807, 2.05) is 19.1 Å². The number of halogens is 3. The highest BCUT2D eigenvalue weighted by Crippen LogP contribution is 2.31. The van der Waals surface area contributed by atoms with Gasteiger partial charge in [0.1, 0.15) is 0 Å². The van der Waals surface area contributed by atoms with Crippen molar-refractivity contribution in [2.75, 3.05) is 0 Å². The molecule has 0 fully saturated rings. The summed E-state index contributed by atoms with van der Waals surface area (Å²) >= 11 is 1.50. The molecule has 0 bridgehead atoms. The standard InChI is InChI=1S/C15H15F3OS/c1-2-12-6-7-14(20-12)13(19)9-10-4-3-5-11(8-10)15(16,17)18/h3-8,13,19H,2,9H2,1H3. The van der Waals surface area contributed by atoms with Crippen LogP contribution in [0.1, 0.15) is 33.9 Å². The third kappa shape index (κ3) is 3.61. The van der Waals surface area contributed by atoms with Crippen LogP contribution in [-0.2, 0) is 19.0 Å². The zero-order valence-electron chi connectivity index (χ0n) is 10.9. The van der Waals surface area contributed by atoms with Gasteiger partial charge in [-0.05, 0) is 30.2 Å². The highest BCUT2D eigenvalue weighted by Gasteiger charge is 2.30. The molecule has 0 saturated heterocycles. The van der Waals surface area contributed by atoms with Crippen molar-refractivity contribution in [3.05, 3.63) is 57.3 Å². The van der Waals surface area contributed by atoms with E-state index in [1.54, 1.807) is 6.07 Å². The largest absolute Gasteiger partial charge is 0.416 e. The second-order valence-electron chi connectivity index (χ2n) is 4.58. The maximum absolute atomic E-state index is 12.6. The van der Waals surface area contributed by atoms with Crippen molar-refractivity contribution in [2.45, 2.75) is 32.0 Å². The van der Waals surface area contributed by atoms with Crippen molar-refractivity contribution >= 4 is 11.3 Å². The number of hydrogen-bond donors (Lipinski definition) is 1. The number of hydrogen-bond acceptors (Lipinski definition) is 2. The lowest BCUT2D eigenvalue weighted by atomic mass is 10.0. The summed E-state index contributed by atoms with van der Waals surface area (Å²) in [6.07, 6.45) is -4.03. The maximum atomic E-state index is 12.6. The van der Waals surface area contributed by atoms with Gasteiger partial charge in [-0.25, -0.2) is 0 Å². The number of rotatable bonds is 4. The Balaban J connectivity index is 2.13. The molecule has 0 aliphatic rings. The summed E-state index contributed by atoms with van der Waals surface area (Å²) in [5, 5.41) is 10.1. The van der Waals surface area contributed by atoms with E-state index >= 15 is 0 Å². The first-order valence-electron chi connectivity index (χ1n) is 6.33. The Morgan fingerprint density at radius 2 is 1.95 bits per heavy atom. The molecule has 0 aliphatic carbocycles. The minimum atomic E-state index is -4.35. The third-order valence-corrected chi connectivity index (χ3v) is 4.37. The Labute approximate surface area is 119 Å². The molecule has 1 aromatic carbocycles. The first-order chi connectivity index (χ1) is 9.40. The lowest BCUT2D eigenvalue weighted by Crippen LogP contribution is -2.06. The van der Waals surface area contributed by atoms with Crippen LogP contribution in [0.25, 0.3) is 0 Å². The molecule has 0 radical (unpaired) electrons. The van der Waals surface area contributed by atoms with Crippen LogP contribution < -0.4 is 0 Å². The molecular formula is C15H15F3OS. The zero-order chi connectivity index (χ0) is 14.8. The van der Waals surface area contributed by atoms with Crippen LogP contribution in [0, 0.1) is 0 Å². The number of thiophene rings is 1. The molecule has 108 valence electrons. The van der Waals surface area contributed by atoms with Gasteiger partial charge in [0.2, 0.25) is 0 Å². The minimum absolute atomic E-state index is 0.188. The Bertz CT molecular complexity index is 574. The summed E-state index contributed by atoms with van der Waals surface area (Å²) in [5.74, 6) is 0. The van der Waals surface area contributed by atoms with E-state index in [9.17, 15) is 18.3 Å². The molecule has 1 unspecified atom stereocenters. The fourth-order valence-corrected chi connectivity index (χ4v) is 2.90. The van der Waals surface area contributed by atoms with Gasteiger partial charge in [0.15, 0.2) is 0 Å². The second kappa shape index (κ2) is 5.97. The van der Waals surface area contributed by atoms with E-state index in [2.05, 4.69) is 0 Å². The van der Waals surface area contributed by atoms with Crippen molar-refractivity contribution < 1.29 is 18.3 Å². The monoisotopic (exact) mass is 300 g/mol. The van der Waals surface area contributed by atoms with Gasteiger partial charge in [0.05, 0.1) is 11.7 Å². The lowest BCUT2D eigenvalue weighted by molar-refractivity contribution is -0.137. The van der Waals surface area contributed by atoms with Crippen LogP contribution in [0.4, 0.5) is 13.2 Å². The number of aliphatic hydroxyl groups excluding tert-OH is 1. The molecule has 1 nitrogen and oxygen atoms in total. The quantitative estimate of drug-likeness (QED) is 0.874. The fourth-order valence-electron chi connectivity index (χ4n) is 1.96. The molecule has 1 N–H and O–H groups in total. The molecule has 0 saturated carbocycles. The highest BCUT2D eigenvalue weighted by molar-refractivity contribution is 7.12. The smallest absolute Gasteiger partial charge is 0.387 e. The summed E-state index contributed by atoms with van der Waals surface area (Å²) in [6.45, 7) is 2.02. The maximum Gasteiger partial charge on any atom is 0.416 e. The Morgan fingerprint density at radius 1 is 1.20 bits per heavy atom. The summed E-state index contributed by atoms with van der Waals surface area (Å²) in [6, 6.07) is 8.88. The minimum Gasteiger partial charge on any atom is -0.387 e. The normalized spacial score (nSPS) is 13.4. The Kier molecular flexibility index (Phi) is 4.50. The van der Waals surface area contributed by atoms with Crippen molar-refractivity contribution in [1.82, 2.24) is 0 Å². The van der Waals surface area contributed by atoms with Crippen molar-refractivity contribution in [3.8, 4) is 0 Å². The second-order valence-corrected chi connectivity index (χ2v) is 5.78. The molecule has 20 heavy (non-hydrogen) atoms. The topological polar surface area (TPSA) is 20.2 Å². The van der Waals surface area contributed by atoms with Crippen molar-refractivity contribution in [3.63, 3.8) is 0 Å². The molecule has 5 heteroatoms. The highest BCUT2D eigenvalue weighted by atomic mass is 32.1. The van der Waals surface area contributed by atoms with Gasteiger partial charge in [-0.1, -0.05) is 25.1 Å². The molecule has 1 heterocycles. The Hall–Kier alpha value is -1.33. The van der Waals surface area contributed by atoms with Gasteiger partial charge in [0.25, 0.3) is 0 Å². The summed E-state index contributed by atoms with van der Waals surface area (Å²) in [5.41, 5.74) is -0.193. The fraction of sp³-hybridized carbons (Fsp3) is 0.333. The molecule has 0 spiro atoms. The summed E-state index contributed by atoms with van der Waals surface area (Å²) in [4.78, 5) is 1.95. The molecule has 0 amide bonds. The van der Waals surface area contributed by atoms with Crippen LogP contribution in [0.3, 0.4) is 0 Å². The Morgan fingerprint density at radius 3 is 2.55 bits per heavy atom. The van der Waals surface area contributed by atoms with Crippen LogP contribution in [-0.4, -0.2) is 5.11 Å². The summed E-state index contributed by atoms with van der Waals surface area (Å²) in [7, 11) is 0. The SMILES string of the molecule is CCc1ccc(C(O)Cc2cccc(C(F)(F)F)c2)s1. The predicted molar refractivity (Wildman–Crippen MR) is 73.8 cm³/mol. The third-order valence-electron chi connectivity index (χ3n) is 3.04. The van der Waals surface area contributed by atoms with Gasteiger partial charge >= 0.3 is 6.18 Å². The molecule has 2 aromatic rings. The average Bonchev–Trinajstić information content (AvgIpc) is 2.87. The molecule has 0 aliphatic heterocycles. The zero-order valence-corrected chi connectivity index (χ0v) is 11.8. The van der Waals surface area contributed by atoms with Gasteiger partial charge in [0, 0.05) is 16.2 Å². The number of aryl methyl sites for hydroxylation is 1.